The molecule has 0 spiro atoms. The number of fused-ring (bicyclic) bond motifs is 2. The molecule has 2 heteroatoms. The molecule has 0 N–H and O–H groups in total. The first-order valence-corrected chi connectivity index (χ1v) is 13.0. The minimum Gasteiger partial charge on any atom is -0.311 e. The molecule has 0 fully saturated rings. The van der Waals surface area contributed by atoms with Crippen molar-refractivity contribution in [1.82, 2.24) is 0 Å². The third-order valence-corrected chi connectivity index (χ3v) is 8.12. The van der Waals surface area contributed by atoms with Gasteiger partial charge in [0.25, 0.3) is 5.91 Å². The third-order valence-electron chi connectivity index (χ3n) is 8.12. The van der Waals surface area contributed by atoms with Crippen molar-refractivity contribution in [2.75, 3.05) is 11.9 Å². The number of nitrogens with zero attached hydrogens (tertiary/aromatic N) is 1. The summed E-state index contributed by atoms with van der Waals surface area (Å²) in [6, 6.07) is 42.6. The minimum atomic E-state index is -0.0184. The molecular weight excluding hydrogens is 462 g/mol. The lowest BCUT2D eigenvalue weighted by Crippen LogP contribution is -2.26. The van der Waals surface area contributed by atoms with Crippen LogP contribution in [-0.2, 0) is 0 Å². The fourth-order valence-corrected chi connectivity index (χ4v) is 6.35. The fraction of sp³-hybridized carbons (Fsp3) is 0.0278. The number of anilines is 1. The van der Waals surface area contributed by atoms with E-state index in [1.54, 1.807) is 4.90 Å². The second kappa shape index (κ2) is 7.77. The first-order chi connectivity index (χ1) is 18.7. The first-order valence-electron chi connectivity index (χ1n) is 13.0. The second-order valence-electron chi connectivity index (χ2n) is 10.2. The summed E-state index contributed by atoms with van der Waals surface area (Å²) >= 11 is 0. The highest BCUT2D eigenvalue weighted by Gasteiger charge is 2.18. The summed E-state index contributed by atoms with van der Waals surface area (Å²) in [5, 5.41) is 14.8. The summed E-state index contributed by atoms with van der Waals surface area (Å²) in [6.07, 6.45) is 0. The smallest absolute Gasteiger partial charge is 0.258 e. The molecule has 2 nitrogen and oxygen atoms in total. The maximum atomic E-state index is 13.5. The van der Waals surface area contributed by atoms with Gasteiger partial charge in [0.15, 0.2) is 0 Å². The van der Waals surface area contributed by atoms with Gasteiger partial charge in [-0.05, 0) is 88.9 Å². The Morgan fingerprint density at radius 2 is 0.947 bits per heavy atom. The van der Waals surface area contributed by atoms with E-state index in [9.17, 15) is 4.79 Å². The van der Waals surface area contributed by atoms with Crippen LogP contribution in [0.2, 0.25) is 0 Å². The quantitative estimate of drug-likeness (QED) is 0.223. The Labute approximate surface area is 219 Å². The molecule has 0 saturated heterocycles. The monoisotopic (exact) mass is 485 g/mol. The lowest BCUT2D eigenvalue weighted by molar-refractivity contribution is 0.0993. The number of hydrogen-bond acceptors (Lipinski definition) is 1. The molecule has 0 saturated carbocycles. The Bertz CT molecular complexity index is 2210. The van der Waals surface area contributed by atoms with Crippen LogP contribution in [0.5, 0.6) is 0 Å². The molecule has 0 aliphatic heterocycles. The van der Waals surface area contributed by atoms with E-state index in [0.29, 0.717) is 5.56 Å². The van der Waals surface area contributed by atoms with Crippen molar-refractivity contribution in [3.63, 3.8) is 0 Å². The molecule has 38 heavy (non-hydrogen) atoms. The molecule has 0 atom stereocenters. The van der Waals surface area contributed by atoms with E-state index >= 15 is 0 Å². The van der Waals surface area contributed by atoms with Crippen molar-refractivity contribution < 1.29 is 4.79 Å². The number of rotatable bonds is 2. The van der Waals surface area contributed by atoms with Crippen LogP contribution in [0.4, 0.5) is 5.69 Å². The van der Waals surface area contributed by atoms with Crippen LogP contribution >= 0.6 is 0 Å². The van der Waals surface area contributed by atoms with Crippen LogP contribution in [0.15, 0.2) is 121 Å². The van der Waals surface area contributed by atoms with E-state index in [0.717, 1.165) is 16.5 Å². The lowest BCUT2D eigenvalue weighted by Gasteiger charge is -2.21. The van der Waals surface area contributed by atoms with Gasteiger partial charge in [0.1, 0.15) is 0 Å². The Balaban J connectivity index is 1.61. The van der Waals surface area contributed by atoms with E-state index in [-0.39, 0.29) is 5.91 Å². The number of benzene rings is 7. The number of carbonyl (C=O) groups is 1. The van der Waals surface area contributed by atoms with Crippen LogP contribution in [-0.4, -0.2) is 13.0 Å². The molecule has 0 aliphatic carbocycles. The molecule has 0 heterocycles. The summed E-state index contributed by atoms with van der Waals surface area (Å²) < 4.78 is 0. The predicted molar refractivity (Wildman–Crippen MR) is 162 cm³/mol. The molecule has 178 valence electrons. The molecule has 8 aromatic carbocycles. The van der Waals surface area contributed by atoms with Crippen molar-refractivity contribution in [3.05, 3.63) is 127 Å². The maximum absolute atomic E-state index is 13.5. The van der Waals surface area contributed by atoms with Crippen LogP contribution in [0.3, 0.4) is 0 Å². The molecule has 0 aliphatic rings. The average molecular weight is 486 g/mol. The highest BCUT2D eigenvalue weighted by Crippen LogP contribution is 2.44. The molecule has 0 unspecified atom stereocenters. The standard InChI is InChI=1S/C36H23NO/c1-37(36(38)25-8-3-2-4-9-25)27-20-26-19-18-24-11-6-14-29-28-13-5-10-22-16-17-23-12-7-15-30(34(23)32(22)28)31(21-27)35(26)33(24)29/h2-21H,1H3. The minimum absolute atomic E-state index is 0.0184. The van der Waals surface area contributed by atoms with Crippen LogP contribution in [0, 0.1) is 0 Å². The van der Waals surface area contributed by atoms with Gasteiger partial charge in [-0.15, -0.1) is 0 Å². The van der Waals surface area contributed by atoms with E-state index in [1.807, 2.05) is 37.4 Å². The van der Waals surface area contributed by atoms with E-state index in [2.05, 4.69) is 91.0 Å². The number of hydrogen-bond donors (Lipinski definition) is 0. The highest BCUT2D eigenvalue weighted by molar-refractivity contribution is 6.37. The fourth-order valence-electron chi connectivity index (χ4n) is 6.35. The Morgan fingerprint density at radius 3 is 1.50 bits per heavy atom. The van der Waals surface area contributed by atoms with Crippen molar-refractivity contribution in [3.8, 4) is 0 Å². The van der Waals surface area contributed by atoms with E-state index in [1.165, 1.54) is 53.9 Å². The summed E-state index contributed by atoms with van der Waals surface area (Å²) in [6.45, 7) is 0. The number of amides is 1. The van der Waals surface area contributed by atoms with Gasteiger partial charge in [-0.3, -0.25) is 4.79 Å². The summed E-state index contributed by atoms with van der Waals surface area (Å²) in [4.78, 5) is 15.2. The summed E-state index contributed by atoms with van der Waals surface area (Å²) in [5.74, 6) is -0.0184. The van der Waals surface area contributed by atoms with E-state index in [4.69, 9.17) is 0 Å². The number of carbonyl (C=O) groups excluding carboxylic acids is 1. The van der Waals surface area contributed by atoms with E-state index < -0.39 is 0 Å². The third kappa shape index (κ3) is 2.86. The molecule has 0 bridgehead atoms. The van der Waals surface area contributed by atoms with Crippen molar-refractivity contribution in [1.29, 1.82) is 0 Å². The maximum Gasteiger partial charge on any atom is 0.258 e. The van der Waals surface area contributed by atoms with Gasteiger partial charge in [0.05, 0.1) is 0 Å². The van der Waals surface area contributed by atoms with Gasteiger partial charge in [0.2, 0.25) is 0 Å². The normalized spacial score (nSPS) is 11.9. The van der Waals surface area contributed by atoms with Gasteiger partial charge in [0, 0.05) is 18.3 Å². The van der Waals surface area contributed by atoms with Gasteiger partial charge in [-0.1, -0.05) is 97.1 Å². The average Bonchev–Trinajstić information content (AvgIpc) is 2.98. The Hall–Kier alpha value is -4.95. The summed E-state index contributed by atoms with van der Waals surface area (Å²) in [7, 11) is 1.87. The topological polar surface area (TPSA) is 20.3 Å². The molecule has 0 radical (unpaired) electrons. The zero-order valence-corrected chi connectivity index (χ0v) is 20.9. The zero-order chi connectivity index (χ0) is 25.4. The van der Waals surface area contributed by atoms with Crippen LogP contribution in [0.1, 0.15) is 10.4 Å². The predicted octanol–water partition coefficient (Wildman–Crippen LogP) is 9.32. The van der Waals surface area contributed by atoms with Crippen molar-refractivity contribution in [2.45, 2.75) is 0 Å². The summed E-state index contributed by atoms with van der Waals surface area (Å²) in [5.41, 5.74) is 1.57. The SMILES string of the molecule is CN(C(=O)c1ccccc1)c1cc2ccc3cccc4c5cccc6ccc7cccc(c(c1)c2c34)c7c65. The van der Waals surface area contributed by atoms with Crippen molar-refractivity contribution in [2.24, 2.45) is 0 Å². The van der Waals surface area contributed by atoms with Crippen molar-refractivity contribution >= 4 is 76.2 Å². The second-order valence-corrected chi connectivity index (χ2v) is 10.2. The molecule has 8 rings (SSSR count). The van der Waals surface area contributed by atoms with Crippen LogP contribution in [0.25, 0.3) is 64.6 Å². The van der Waals surface area contributed by atoms with Gasteiger partial charge < -0.3 is 4.90 Å². The van der Waals surface area contributed by atoms with Gasteiger partial charge >= 0.3 is 0 Å². The lowest BCUT2D eigenvalue weighted by atomic mass is 9.87. The van der Waals surface area contributed by atoms with Gasteiger partial charge in [-0.25, -0.2) is 0 Å². The molecule has 8 aromatic rings. The Kier molecular flexibility index (Phi) is 4.33. The van der Waals surface area contributed by atoms with Crippen LogP contribution < -0.4 is 4.90 Å². The molecule has 1 amide bonds. The first kappa shape index (κ1) is 21.2. The molecule has 0 aromatic heterocycles. The largest absolute Gasteiger partial charge is 0.311 e. The zero-order valence-electron chi connectivity index (χ0n) is 20.9. The Morgan fingerprint density at radius 1 is 0.474 bits per heavy atom. The van der Waals surface area contributed by atoms with Gasteiger partial charge in [-0.2, -0.15) is 0 Å². The highest BCUT2D eigenvalue weighted by atomic mass is 16.2. The molecular formula is C36H23NO.